The van der Waals surface area contributed by atoms with Crippen molar-refractivity contribution in [1.82, 2.24) is 20.9 Å². The summed E-state index contributed by atoms with van der Waals surface area (Å²) in [6.07, 6.45) is 9.98. The van der Waals surface area contributed by atoms with Crippen LogP contribution in [0.1, 0.15) is 31.1 Å². The highest BCUT2D eigenvalue weighted by molar-refractivity contribution is 5.94. The summed E-state index contributed by atoms with van der Waals surface area (Å²) in [5, 5.41) is 17.4. The van der Waals surface area contributed by atoms with E-state index in [2.05, 4.69) is 25.8 Å². The van der Waals surface area contributed by atoms with E-state index in [1.165, 1.54) is 6.20 Å². The lowest BCUT2D eigenvalue weighted by atomic mass is 10.2. The average molecular weight is 763 g/mol. The molecule has 0 radical (unpaired) electrons. The predicted octanol–water partition coefficient (Wildman–Crippen LogP) is -6.54. The van der Waals surface area contributed by atoms with Gasteiger partial charge in [-0.25, -0.2) is 9.13 Å². The fraction of sp³-hybridized carbons (Fsp3) is 0.250. The number of amides is 3. The average Bonchev–Trinajstić information content (AvgIpc) is 2.91. The zero-order chi connectivity index (χ0) is 26.5. The number of nitrogens with zero attached hydrogens (tertiary/aromatic N) is 4. The van der Waals surface area contributed by atoms with E-state index in [9.17, 15) is 24.5 Å². The standard InChI is InChI=1S/C24H25N7O6.2HI/c32-22(19-4-1-7-25-16-19)26-8-13-29-11-2-5-20(17-29)23(33)27-9-14-30-12-3-6-21(18-30)24(34)28-10-15-37-31(35)36;;/h1-7,11-12,16-18H,8-10,13-15H2,(H-2,26,27,28,32,33,34);2*1H. The third-order valence-corrected chi connectivity index (χ3v) is 5.06. The summed E-state index contributed by atoms with van der Waals surface area (Å²) in [4.78, 5) is 55.1. The van der Waals surface area contributed by atoms with Gasteiger partial charge in [0, 0.05) is 31.1 Å². The second-order valence-electron chi connectivity index (χ2n) is 7.73. The Morgan fingerprint density at radius 3 is 1.77 bits per heavy atom. The first-order chi connectivity index (χ1) is 17.9. The summed E-state index contributed by atoms with van der Waals surface area (Å²) in [6.45, 7) is 1.37. The normalized spacial score (nSPS) is 9.74. The van der Waals surface area contributed by atoms with E-state index in [1.807, 2.05) is 10.8 Å². The van der Waals surface area contributed by atoms with Crippen LogP contribution in [0.3, 0.4) is 0 Å². The molecule has 208 valence electrons. The van der Waals surface area contributed by atoms with E-state index < -0.39 is 11.0 Å². The highest BCUT2D eigenvalue weighted by Crippen LogP contribution is 1.97. The summed E-state index contributed by atoms with van der Waals surface area (Å²) in [7, 11) is 0. The molecule has 3 aromatic heterocycles. The monoisotopic (exact) mass is 763 g/mol. The van der Waals surface area contributed by atoms with Crippen molar-refractivity contribution >= 4 is 17.7 Å². The van der Waals surface area contributed by atoms with Crippen molar-refractivity contribution in [3.63, 3.8) is 0 Å². The Bertz CT molecular complexity index is 1250. The molecule has 39 heavy (non-hydrogen) atoms. The van der Waals surface area contributed by atoms with Crippen LogP contribution in [0.5, 0.6) is 0 Å². The second-order valence-corrected chi connectivity index (χ2v) is 7.73. The van der Waals surface area contributed by atoms with Gasteiger partial charge in [0.1, 0.15) is 17.7 Å². The molecule has 3 N–H and O–H groups in total. The molecule has 3 rings (SSSR count). The first-order valence-electron chi connectivity index (χ1n) is 11.4. The Labute approximate surface area is 258 Å². The molecule has 13 nitrogen and oxygen atoms in total. The summed E-state index contributed by atoms with van der Waals surface area (Å²) < 4.78 is 3.56. The molecule has 0 saturated carbocycles. The number of rotatable bonds is 13. The van der Waals surface area contributed by atoms with Crippen molar-refractivity contribution in [2.75, 3.05) is 26.2 Å². The number of hydrogen-bond acceptors (Lipinski definition) is 7. The van der Waals surface area contributed by atoms with Crippen molar-refractivity contribution < 1.29 is 81.4 Å². The van der Waals surface area contributed by atoms with E-state index in [1.54, 1.807) is 65.8 Å². The number of pyridine rings is 3. The smallest absolute Gasteiger partial charge is 0.294 e. The van der Waals surface area contributed by atoms with Gasteiger partial charge in [0.15, 0.2) is 37.9 Å². The van der Waals surface area contributed by atoms with Gasteiger partial charge in [-0.3, -0.25) is 19.4 Å². The Morgan fingerprint density at radius 2 is 1.28 bits per heavy atom. The largest absolute Gasteiger partial charge is 1.00 e. The Kier molecular flexibility index (Phi) is 15.4. The molecule has 0 saturated heterocycles. The molecule has 0 atom stereocenters. The number of carbonyl (C=O) groups excluding carboxylic acids is 3. The van der Waals surface area contributed by atoms with E-state index in [0.29, 0.717) is 42.9 Å². The van der Waals surface area contributed by atoms with Gasteiger partial charge in [-0.1, -0.05) is 0 Å². The van der Waals surface area contributed by atoms with Gasteiger partial charge in [0.05, 0.1) is 18.7 Å². The molecular formula is C24H27I2N7O6. The number of halogens is 2. The van der Waals surface area contributed by atoms with Gasteiger partial charge in [-0.05, 0) is 24.3 Å². The fourth-order valence-corrected chi connectivity index (χ4v) is 3.28. The molecule has 0 aliphatic carbocycles. The first-order valence-corrected chi connectivity index (χ1v) is 11.4. The van der Waals surface area contributed by atoms with Crippen LogP contribution in [-0.4, -0.2) is 54.0 Å². The van der Waals surface area contributed by atoms with E-state index in [0.717, 1.165) is 0 Å². The molecule has 0 bridgehead atoms. The molecule has 0 aliphatic heterocycles. The first kappa shape index (κ1) is 33.5. The molecule has 15 heteroatoms. The molecule has 3 heterocycles. The maximum atomic E-state index is 12.6. The predicted molar refractivity (Wildman–Crippen MR) is 127 cm³/mol. The van der Waals surface area contributed by atoms with Gasteiger partial charge in [-0.2, -0.15) is 0 Å². The van der Waals surface area contributed by atoms with Gasteiger partial charge in [0.2, 0.25) is 0 Å². The van der Waals surface area contributed by atoms with Crippen molar-refractivity contribution in [2.45, 2.75) is 13.1 Å². The van der Waals surface area contributed by atoms with Gasteiger partial charge in [0.25, 0.3) is 22.8 Å². The minimum atomic E-state index is -0.920. The van der Waals surface area contributed by atoms with E-state index >= 15 is 0 Å². The molecule has 0 unspecified atom stereocenters. The van der Waals surface area contributed by atoms with Gasteiger partial charge in [-0.15, -0.1) is 10.1 Å². The fourth-order valence-electron chi connectivity index (χ4n) is 3.28. The summed E-state index contributed by atoms with van der Waals surface area (Å²) >= 11 is 0. The van der Waals surface area contributed by atoms with Crippen LogP contribution in [0.15, 0.2) is 73.6 Å². The van der Waals surface area contributed by atoms with Crippen LogP contribution in [0, 0.1) is 10.1 Å². The van der Waals surface area contributed by atoms with Crippen LogP contribution in [-0.2, 0) is 17.9 Å². The lowest BCUT2D eigenvalue weighted by Gasteiger charge is -2.06. The minimum absolute atomic E-state index is 0. The number of carbonyl (C=O) groups is 3. The number of nitrogens with one attached hydrogen (secondary N) is 3. The highest BCUT2D eigenvalue weighted by atomic mass is 127. The Hall–Kier alpha value is -3.48. The van der Waals surface area contributed by atoms with E-state index in [4.69, 9.17) is 0 Å². The molecule has 0 aromatic carbocycles. The third kappa shape index (κ3) is 11.8. The summed E-state index contributed by atoms with van der Waals surface area (Å²) in [5.74, 6) is -0.865. The topological polar surface area (TPSA) is 160 Å². The number of aromatic nitrogens is 3. The molecule has 3 amide bonds. The van der Waals surface area contributed by atoms with Crippen LogP contribution in [0.4, 0.5) is 0 Å². The van der Waals surface area contributed by atoms with E-state index in [-0.39, 0.29) is 72.9 Å². The highest BCUT2D eigenvalue weighted by Gasteiger charge is 2.14. The van der Waals surface area contributed by atoms with Crippen molar-refractivity contribution in [3.8, 4) is 0 Å². The number of hydrogen-bond donors (Lipinski definition) is 3. The summed E-state index contributed by atoms with van der Waals surface area (Å²) in [6, 6.07) is 10.1. The zero-order valence-corrected chi connectivity index (χ0v) is 25.0. The van der Waals surface area contributed by atoms with Crippen LogP contribution in [0.2, 0.25) is 0 Å². The minimum Gasteiger partial charge on any atom is -1.00 e. The van der Waals surface area contributed by atoms with Crippen molar-refractivity contribution in [3.05, 3.63) is 100 Å². The van der Waals surface area contributed by atoms with Crippen molar-refractivity contribution in [1.29, 1.82) is 0 Å². The lowest BCUT2D eigenvalue weighted by molar-refractivity contribution is -0.757. The maximum absolute atomic E-state index is 12.6. The molecule has 0 spiro atoms. The molecule has 0 fully saturated rings. The molecular weight excluding hydrogens is 736 g/mol. The third-order valence-electron chi connectivity index (χ3n) is 5.06. The van der Waals surface area contributed by atoms with Crippen LogP contribution < -0.4 is 73.0 Å². The summed E-state index contributed by atoms with van der Waals surface area (Å²) in [5.41, 5.74) is 1.32. The van der Waals surface area contributed by atoms with Gasteiger partial charge >= 0.3 is 0 Å². The van der Waals surface area contributed by atoms with Crippen LogP contribution >= 0.6 is 0 Å². The molecule has 3 aromatic rings. The second kappa shape index (κ2) is 17.9. The van der Waals surface area contributed by atoms with Crippen LogP contribution in [0.25, 0.3) is 0 Å². The van der Waals surface area contributed by atoms with Gasteiger partial charge < -0.3 is 68.7 Å². The SMILES string of the molecule is O=C(NCCO[N+](=O)[O-])c1ccc[n+](CCNC(=O)c2ccc[n+](CCNC(=O)c3cccnc3)c2)c1.[I-].[I-]. The molecule has 0 aliphatic rings. The Morgan fingerprint density at radius 1 is 0.795 bits per heavy atom. The quantitative estimate of drug-likeness (QED) is 0.0514. The lowest BCUT2D eigenvalue weighted by Crippen LogP contribution is -3.00. The Balaban J connectivity index is 0.00000380. The van der Waals surface area contributed by atoms with Crippen molar-refractivity contribution in [2.24, 2.45) is 0 Å². The maximum Gasteiger partial charge on any atom is 0.294 e. The zero-order valence-electron chi connectivity index (χ0n) is 20.7.